The molecule has 0 spiro atoms. The van der Waals surface area contributed by atoms with Crippen LogP contribution in [0.5, 0.6) is 0 Å². The zero-order chi connectivity index (χ0) is 10.8. The van der Waals surface area contributed by atoms with Crippen molar-refractivity contribution in [2.24, 2.45) is 0 Å². The van der Waals surface area contributed by atoms with Gasteiger partial charge in [0.05, 0.1) is 5.69 Å². The molecule has 0 unspecified atom stereocenters. The van der Waals surface area contributed by atoms with Crippen molar-refractivity contribution in [3.8, 4) is 5.69 Å². The van der Waals surface area contributed by atoms with Crippen molar-refractivity contribution in [2.45, 2.75) is 13.8 Å². The molecular formula is C10H10N4O. The van der Waals surface area contributed by atoms with Gasteiger partial charge in [-0.1, -0.05) is 0 Å². The number of rotatable bonds is 2. The van der Waals surface area contributed by atoms with E-state index < -0.39 is 0 Å². The Labute approximate surface area is 86.8 Å². The van der Waals surface area contributed by atoms with Crippen molar-refractivity contribution in [1.82, 2.24) is 19.7 Å². The fourth-order valence-corrected chi connectivity index (χ4v) is 1.43. The highest BCUT2D eigenvalue weighted by Gasteiger charge is 2.09. The third-order valence-electron chi connectivity index (χ3n) is 2.03. The first-order valence-electron chi connectivity index (χ1n) is 4.53. The summed E-state index contributed by atoms with van der Waals surface area (Å²) in [6.07, 6.45) is 2.29. The first-order valence-corrected chi connectivity index (χ1v) is 4.53. The second-order valence-corrected chi connectivity index (χ2v) is 3.14. The molecule has 0 fully saturated rings. The second-order valence-electron chi connectivity index (χ2n) is 3.14. The summed E-state index contributed by atoms with van der Waals surface area (Å²) in [7, 11) is 0. The lowest BCUT2D eigenvalue weighted by molar-refractivity contribution is 0.111. The maximum Gasteiger partial charge on any atom is 0.170 e. The molecule has 0 saturated carbocycles. The van der Waals surface area contributed by atoms with Gasteiger partial charge in [0.1, 0.15) is 17.3 Å². The highest BCUT2D eigenvalue weighted by atomic mass is 16.1. The van der Waals surface area contributed by atoms with Gasteiger partial charge in [-0.25, -0.2) is 9.67 Å². The van der Waals surface area contributed by atoms with E-state index in [0.717, 1.165) is 5.82 Å². The van der Waals surface area contributed by atoms with E-state index in [4.69, 9.17) is 0 Å². The largest absolute Gasteiger partial charge is 0.296 e. The second kappa shape index (κ2) is 3.61. The predicted octanol–water partition coefficient (Wildman–Crippen LogP) is 1.09. The molecule has 2 rings (SSSR count). The van der Waals surface area contributed by atoms with Crippen LogP contribution in [0.25, 0.3) is 5.69 Å². The molecule has 0 N–H and O–H groups in total. The first-order chi connectivity index (χ1) is 7.22. The zero-order valence-electron chi connectivity index (χ0n) is 8.51. The highest BCUT2D eigenvalue weighted by molar-refractivity contribution is 5.77. The normalized spacial score (nSPS) is 10.3. The maximum atomic E-state index is 10.8. The lowest BCUT2D eigenvalue weighted by Crippen LogP contribution is -2.04. The number of carbonyl (C=O) groups excluding carboxylic acids is 1. The topological polar surface area (TPSA) is 60.7 Å². The van der Waals surface area contributed by atoms with Crippen LogP contribution in [0.3, 0.4) is 0 Å². The van der Waals surface area contributed by atoms with E-state index in [0.29, 0.717) is 23.5 Å². The number of carbonyl (C=O) groups is 1. The van der Waals surface area contributed by atoms with Gasteiger partial charge in [-0.2, -0.15) is 5.10 Å². The third-order valence-corrected chi connectivity index (χ3v) is 2.03. The maximum absolute atomic E-state index is 10.8. The Bertz CT molecular complexity index is 504. The van der Waals surface area contributed by atoms with E-state index >= 15 is 0 Å². The van der Waals surface area contributed by atoms with Crippen LogP contribution in [-0.2, 0) is 0 Å². The van der Waals surface area contributed by atoms with Gasteiger partial charge < -0.3 is 0 Å². The van der Waals surface area contributed by atoms with Crippen molar-refractivity contribution < 1.29 is 4.79 Å². The Morgan fingerprint density at radius 3 is 2.80 bits per heavy atom. The molecule has 2 heterocycles. The molecule has 5 nitrogen and oxygen atoms in total. The minimum Gasteiger partial charge on any atom is -0.296 e. The van der Waals surface area contributed by atoms with E-state index in [9.17, 15) is 4.79 Å². The molecule has 0 aliphatic heterocycles. The van der Waals surface area contributed by atoms with Crippen molar-refractivity contribution >= 4 is 6.29 Å². The molecule has 0 saturated heterocycles. The summed E-state index contributed by atoms with van der Waals surface area (Å²) in [6, 6.07) is 3.55. The molecule has 0 aliphatic rings. The van der Waals surface area contributed by atoms with Crippen LogP contribution < -0.4 is 0 Å². The average molecular weight is 202 g/mol. The number of aryl methyl sites for hydroxylation is 2. The molecule has 76 valence electrons. The van der Waals surface area contributed by atoms with E-state index in [1.165, 1.54) is 0 Å². The molecule has 0 aromatic carbocycles. The summed E-state index contributed by atoms with van der Waals surface area (Å²) in [4.78, 5) is 18.9. The quantitative estimate of drug-likeness (QED) is 0.684. The van der Waals surface area contributed by atoms with Gasteiger partial charge in [0.25, 0.3) is 0 Å². The lowest BCUT2D eigenvalue weighted by Gasteiger charge is -2.03. The predicted molar refractivity (Wildman–Crippen MR) is 54.0 cm³/mol. The molecule has 0 bridgehead atoms. The van der Waals surface area contributed by atoms with E-state index in [1.807, 2.05) is 6.92 Å². The van der Waals surface area contributed by atoms with E-state index in [2.05, 4.69) is 15.1 Å². The van der Waals surface area contributed by atoms with Crippen LogP contribution >= 0.6 is 0 Å². The Morgan fingerprint density at radius 1 is 1.40 bits per heavy atom. The van der Waals surface area contributed by atoms with E-state index in [-0.39, 0.29) is 0 Å². The minimum atomic E-state index is 0.366. The number of hydrogen-bond donors (Lipinski definition) is 0. The molecular weight excluding hydrogens is 192 g/mol. The number of aromatic nitrogens is 4. The monoisotopic (exact) mass is 202 g/mol. The SMILES string of the molecule is Cc1nc(C)n(-c2cccnc2C=O)n1. The fraction of sp³-hybridized carbons (Fsp3) is 0.200. The third kappa shape index (κ3) is 1.63. The number of pyridine rings is 1. The van der Waals surface area contributed by atoms with Crippen LogP contribution in [0.15, 0.2) is 18.3 Å². The summed E-state index contributed by atoms with van der Waals surface area (Å²) < 4.78 is 1.62. The lowest BCUT2D eigenvalue weighted by atomic mass is 10.3. The zero-order valence-corrected chi connectivity index (χ0v) is 8.51. The fourth-order valence-electron chi connectivity index (χ4n) is 1.43. The summed E-state index contributed by atoms with van der Waals surface area (Å²) >= 11 is 0. The van der Waals surface area contributed by atoms with Gasteiger partial charge in [0, 0.05) is 6.20 Å². The number of aldehydes is 1. The molecule has 2 aromatic heterocycles. The average Bonchev–Trinajstić information content (AvgIpc) is 2.57. The number of hydrogen-bond acceptors (Lipinski definition) is 4. The minimum absolute atomic E-state index is 0.366. The molecule has 0 atom stereocenters. The van der Waals surface area contributed by atoms with Crippen molar-refractivity contribution in [3.05, 3.63) is 35.7 Å². The Kier molecular flexibility index (Phi) is 2.29. The van der Waals surface area contributed by atoms with Crippen molar-refractivity contribution in [1.29, 1.82) is 0 Å². The summed E-state index contributed by atoms with van der Waals surface area (Å²) in [5, 5.41) is 4.20. The van der Waals surface area contributed by atoms with Gasteiger partial charge in [-0.3, -0.25) is 9.78 Å². The molecule has 15 heavy (non-hydrogen) atoms. The van der Waals surface area contributed by atoms with Crippen LogP contribution in [-0.4, -0.2) is 26.0 Å². The smallest absolute Gasteiger partial charge is 0.170 e. The molecule has 0 aliphatic carbocycles. The Hall–Kier alpha value is -2.04. The summed E-state index contributed by atoms with van der Waals surface area (Å²) in [5.74, 6) is 1.41. The van der Waals surface area contributed by atoms with Crippen LogP contribution in [0, 0.1) is 13.8 Å². The highest BCUT2D eigenvalue weighted by Crippen LogP contribution is 2.11. The molecule has 5 heteroatoms. The molecule has 0 amide bonds. The first kappa shape index (κ1) is 9.51. The van der Waals surface area contributed by atoms with Gasteiger partial charge >= 0.3 is 0 Å². The molecule has 2 aromatic rings. The molecule has 0 radical (unpaired) electrons. The standard InChI is InChI=1S/C10H10N4O/c1-7-12-8(2)14(13-7)10-4-3-5-11-9(10)6-15/h3-6H,1-2H3. The van der Waals surface area contributed by atoms with Gasteiger partial charge in [0.2, 0.25) is 0 Å². The van der Waals surface area contributed by atoms with Crippen LogP contribution in [0.2, 0.25) is 0 Å². The Morgan fingerprint density at radius 2 is 2.20 bits per heavy atom. The van der Waals surface area contributed by atoms with Crippen LogP contribution in [0.1, 0.15) is 22.1 Å². The van der Waals surface area contributed by atoms with Crippen molar-refractivity contribution in [3.63, 3.8) is 0 Å². The number of nitrogens with zero attached hydrogens (tertiary/aromatic N) is 4. The summed E-state index contributed by atoms with van der Waals surface area (Å²) in [5.41, 5.74) is 1.02. The van der Waals surface area contributed by atoms with E-state index in [1.54, 1.807) is 29.9 Å². The summed E-state index contributed by atoms with van der Waals surface area (Å²) in [6.45, 7) is 3.64. The van der Waals surface area contributed by atoms with Crippen molar-refractivity contribution in [2.75, 3.05) is 0 Å². The van der Waals surface area contributed by atoms with Crippen LogP contribution in [0.4, 0.5) is 0 Å². The van der Waals surface area contributed by atoms with Gasteiger partial charge in [0.15, 0.2) is 6.29 Å². The van der Waals surface area contributed by atoms with Gasteiger partial charge in [-0.05, 0) is 26.0 Å². The Balaban J connectivity index is 2.63. The van der Waals surface area contributed by atoms with Gasteiger partial charge in [-0.15, -0.1) is 0 Å².